The van der Waals surface area contributed by atoms with Crippen molar-refractivity contribution in [2.75, 3.05) is 0 Å². The van der Waals surface area contributed by atoms with E-state index in [1.807, 2.05) is 36.4 Å². The van der Waals surface area contributed by atoms with E-state index in [1.54, 1.807) is 24.5 Å². The first-order valence-corrected chi connectivity index (χ1v) is 4.89. The van der Waals surface area contributed by atoms with E-state index in [2.05, 4.69) is 5.16 Å². The SMILES string of the molecule is O/N=C(/C=C/c1ccco1)c1ccccc1. The molecule has 3 nitrogen and oxygen atoms in total. The number of hydrogen-bond donors (Lipinski definition) is 1. The van der Waals surface area contributed by atoms with Gasteiger partial charge in [0.15, 0.2) is 0 Å². The van der Waals surface area contributed by atoms with Crippen molar-refractivity contribution >= 4 is 11.8 Å². The zero-order valence-corrected chi connectivity index (χ0v) is 8.58. The molecule has 0 fully saturated rings. The largest absolute Gasteiger partial charge is 0.465 e. The van der Waals surface area contributed by atoms with Crippen LogP contribution < -0.4 is 0 Å². The molecular weight excluding hydrogens is 202 g/mol. The molecule has 0 bridgehead atoms. The van der Waals surface area contributed by atoms with Gasteiger partial charge in [0.05, 0.1) is 6.26 Å². The van der Waals surface area contributed by atoms with Gasteiger partial charge in [0.25, 0.3) is 0 Å². The van der Waals surface area contributed by atoms with Crippen molar-refractivity contribution in [3.8, 4) is 0 Å². The van der Waals surface area contributed by atoms with Crippen molar-refractivity contribution in [3.63, 3.8) is 0 Å². The highest BCUT2D eigenvalue weighted by atomic mass is 16.4. The molecule has 3 heteroatoms. The molecule has 1 heterocycles. The number of hydrogen-bond acceptors (Lipinski definition) is 3. The monoisotopic (exact) mass is 213 g/mol. The van der Waals surface area contributed by atoms with E-state index in [0.29, 0.717) is 5.71 Å². The van der Waals surface area contributed by atoms with Crippen molar-refractivity contribution in [2.24, 2.45) is 5.16 Å². The molecule has 0 saturated heterocycles. The van der Waals surface area contributed by atoms with Crippen LogP contribution in [0.1, 0.15) is 11.3 Å². The third kappa shape index (κ3) is 2.39. The fourth-order valence-corrected chi connectivity index (χ4v) is 1.34. The lowest BCUT2D eigenvalue weighted by Gasteiger charge is -1.97. The second kappa shape index (κ2) is 4.98. The Morgan fingerprint density at radius 2 is 1.94 bits per heavy atom. The molecule has 2 aromatic rings. The highest BCUT2D eigenvalue weighted by molar-refractivity contribution is 6.10. The van der Waals surface area contributed by atoms with Crippen molar-refractivity contribution < 1.29 is 9.62 Å². The topological polar surface area (TPSA) is 45.7 Å². The van der Waals surface area contributed by atoms with Crippen LogP contribution in [0.15, 0.2) is 64.4 Å². The average molecular weight is 213 g/mol. The van der Waals surface area contributed by atoms with Gasteiger partial charge in [-0.05, 0) is 24.3 Å². The number of benzene rings is 1. The van der Waals surface area contributed by atoms with Crippen LogP contribution in [-0.4, -0.2) is 10.9 Å². The Bertz CT molecular complexity index is 484. The predicted octanol–water partition coefficient (Wildman–Crippen LogP) is 3.17. The van der Waals surface area contributed by atoms with Crippen molar-refractivity contribution in [1.29, 1.82) is 0 Å². The maximum atomic E-state index is 8.91. The maximum absolute atomic E-state index is 8.91. The Morgan fingerprint density at radius 1 is 1.12 bits per heavy atom. The molecule has 0 atom stereocenters. The van der Waals surface area contributed by atoms with Crippen molar-refractivity contribution in [3.05, 3.63) is 66.1 Å². The summed E-state index contributed by atoms with van der Waals surface area (Å²) >= 11 is 0. The summed E-state index contributed by atoms with van der Waals surface area (Å²) in [7, 11) is 0. The average Bonchev–Trinajstić information content (AvgIpc) is 2.84. The van der Waals surface area contributed by atoms with Gasteiger partial charge in [-0.1, -0.05) is 35.5 Å². The van der Waals surface area contributed by atoms with E-state index in [1.165, 1.54) is 0 Å². The summed E-state index contributed by atoms with van der Waals surface area (Å²) < 4.78 is 5.14. The Hall–Kier alpha value is -2.29. The zero-order chi connectivity index (χ0) is 11.2. The lowest BCUT2D eigenvalue weighted by molar-refractivity contribution is 0.320. The van der Waals surface area contributed by atoms with Crippen LogP contribution in [-0.2, 0) is 0 Å². The van der Waals surface area contributed by atoms with E-state index in [9.17, 15) is 0 Å². The van der Waals surface area contributed by atoms with Crippen LogP contribution in [0.4, 0.5) is 0 Å². The molecule has 1 aromatic heterocycles. The van der Waals surface area contributed by atoms with E-state index in [-0.39, 0.29) is 0 Å². The lowest BCUT2D eigenvalue weighted by Crippen LogP contribution is -1.95. The number of rotatable bonds is 3. The van der Waals surface area contributed by atoms with E-state index in [4.69, 9.17) is 9.62 Å². The van der Waals surface area contributed by atoms with Crippen LogP contribution >= 0.6 is 0 Å². The summed E-state index contributed by atoms with van der Waals surface area (Å²) in [6, 6.07) is 13.1. The van der Waals surface area contributed by atoms with Crippen molar-refractivity contribution in [2.45, 2.75) is 0 Å². The number of furan rings is 1. The molecule has 0 aliphatic heterocycles. The molecule has 1 N–H and O–H groups in total. The first-order valence-electron chi connectivity index (χ1n) is 4.89. The fraction of sp³-hybridized carbons (Fsp3) is 0. The number of allylic oxidation sites excluding steroid dienone is 1. The molecule has 1 aromatic carbocycles. The second-order valence-electron chi connectivity index (χ2n) is 3.20. The van der Waals surface area contributed by atoms with Gasteiger partial charge in [0, 0.05) is 5.56 Å². The van der Waals surface area contributed by atoms with Gasteiger partial charge >= 0.3 is 0 Å². The molecule has 0 spiro atoms. The first kappa shape index (κ1) is 10.2. The van der Waals surface area contributed by atoms with Crippen LogP contribution in [0.25, 0.3) is 6.08 Å². The van der Waals surface area contributed by atoms with Crippen LogP contribution in [0, 0.1) is 0 Å². The lowest BCUT2D eigenvalue weighted by atomic mass is 10.1. The molecule has 0 radical (unpaired) electrons. The zero-order valence-electron chi connectivity index (χ0n) is 8.58. The summed E-state index contributed by atoms with van der Waals surface area (Å²) in [6.07, 6.45) is 5.05. The van der Waals surface area contributed by atoms with Gasteiger partial charge in [-0.15, -0.1) is 0 Å². The summed E-state index contributed by atoms with van der Waals surface area (Å²) in [5.41, 5.74) is 1.35. The Kier molecular flexibility index (Phi) is 3.18. The molecule has 0 unspecified atom stereocenters. The van der Waals surface area contributed by atoms with Crippen LogP contribution in [0.2, 0.25) is 0 Å². The Balaban J connectivity index is 2.20. The maximum Gasteiger partial charge on any atom is 0.126 e. The van der Waals surface area contributed by atoms with Gasteiger partial charge in [0.1, 0.15) is 11.5 Å². The van der Waals surface area contributed by atoms with E-state index >= 15 is 0 Å². The molecule has 0 aliphatic rings. The Labute approximate surface area is 93.3 Å². The normalized spacial score (nSPS) is 12.1. The van der Waals surface area contributed by atoms with Crippen LogP contribution in [0.3, 0.4) is 0 Å². The predicted molar refractivity (Wildman–Crippen MR) is 62.5 cm³/mol. The summed E-state index contributed by atoms with van der Waals surface area (Å²) in [5.74, 6) is 0.720. The minimum atomic E-state index is 0.497. The summed E-state index contributed by atoms with van der Waals surface area (Å²) in [5, 5.41) is 12.2. The smallest absolute Gasteiger partial charge is 0.126 e. The molecular formula is C13H11NO2. The standard InChI is InChI=1S/C13H11NO2/c15-14-13(11-5-2-1-3-6-11)9-8-12-7-4-10-16-12/h1-10,15H/b9-8+,14-13-. The van der Waals surface area contributed by atoms with E-state index in [0.717, 1.165) is 11.3 Å². The summed E-state index contributed by atoms with van der Waals surface area (Å²) in [6.45, 7) is 0. The summed E-state index contributed by atoms with van der Waals surface area (Å²) in [4.78, 5) is 0. The third-order valence-corrected chi connectivity index (χ3v) is 2.13. The minimum Gasteiger partial charge on any atom is -0.465 e. The third-order valence-electron chi connectivity index (χ3n) is 2.13. The number of oxime groups is 1. The molecule has 2 rings (SSSR count). The van der Waals surface area contributed by atoms with Gasteiger partial charge in [0.2, 0.25) is 0 Å². The van der Waals surface area contributed by atoms with Gasteiger partial charge in [-0.25, -0.2) is 0 Å². The highest BCUT2D eigenvalue weighted by Crippen LogP contribution is 2.06. The van der Waals surface area contributed by atoms with Gasteiger partial charge < -0.3 is 9.62 Å². The molecule has 80 valence electrons. The second-order valence-corrected chi connectivity index (χ2v) is 3.20. The Morgan fingerprint density at radius 3 is 2.56 bits per heavy atom. The first-order chi connectivity index (χ1) is 7.90. The van der Waals surface area contributed by atoms with Gasteiger partial charge in [-0.3, -0.25) is 0 Å². The molecule has 0 amide bonds. The number of nitrogens with zero attached hydrogens (tertiary/aromatic N) is 1. The van der Waals surface area contributed by atoms with Gasteiger partial charge in [-0.2, -0.15) is 0 Å². The molecule has 0 aliphatic carbocycles. The molecule has 0 saturated carbocycles. The van der Waals surface area contributed by atoms with E-state index < -0.39 is 0 Å². The van der Waals surface area contributed by atoms with Crippen molar-refractivity contribution in [1.82, 2.24) is 0 Å². The molecule has 16 heavy (non-hydrogen) atoms. The van der Waals surface area contributed by atoms with Crippen LogP contribution in [0.5, 0.6) is 0 Å². The highest BCUT2D eigenvalue weighted by Gasteiger charge is 1.98. The fourth-order valence-electron chi connectivity index (χ4n) is 1.34. The quantitative estimate of drug-likeness (QED) is 0.483. The minimum absolute atomic E-state index is 0.497.